The Kier molecular flexibility index (Phi) is 3.77. The summed E-state index contributed by atoms with van der Waals surface area (Å²) in [5, 5.41) is 0. The number of anilines is 2. The molecular weight excluding hydrogens is 224 g/mol. The highest BCUT2D eigenvalue weighted by molar-refractivity contribution is 5.61. The molecule has 2 aromatic rings. The summed E-state index contributed by atoms with van der Waals surface area (Å²) in [6, 6.07) is 8.36. The Hall–Kier alpha value is -2.10. The number of hydrogen-bond donors (Lipinski definition) is 1. The minimum absolute atomic E-state index is 0.618. The fourth-order valence-electron chi connectivity index (χ4n) is 1.93. The van der Waals surface area contributed by atoms with Gasteiger partial charge in [0.15, 0.2) is 5.82 Å². The number of benzene rings is 1. The molecule has 18 heavy (non-hydrogen) atoms. The van der Waals surface area contributed by atoms with Crippen molar-refractivity contribution in [1.82, 2.24) is 9.97 Å². The highest BCUT2D eigenvalue weighted by Gasteiger charge is 2.10. The molecule has 0 aliphatic carbocycles. The Balaban J connectivity index is 2.26. The van der Waals surface area contributed by atoms with E-state index >= 15 is 0 Å². The van der Waals surface area contributed by atoms with E-state index < -0.39 is 0 Å². The van der Waals surface area contributed by atoms with Gasteiger partial charge in [-0.05, 0) is 25.0 Å². The first-order chi connectivity index (χ1) is 8.72. The summed E-state index contributed by atoms with van der Waals surface area (Å²) in [5.41, 5.74) is 9.11. The molecule has 0 aliphatic rings. The molecule has 0 bridgehead atoms. The minimum atomic E-state index is 0.618. The van der Waals surface area contributed by atoms with E-state index in [0.717, 1.165) is 18.9 Å². The van der Waals surface area contributed by atoms with E-state index in [1.54, 1.807) is 6.20 Å². The lowest BCUT2D eigenvalue weighted by Crippen LogP contribution is -2.24. The molecule has 4 nitrogen and oxygen atoms in total. The molecule has 0 aliphatic heterocycles. The number of nitrogen functional groups attached to an aromatic ring is 1. The van der Waals surface area contributed by atoms with Crippen LogP contribution in [0, 0.1) is 6.92 Å². The van der Waals surface area contributed by atoms with Crippen molar-refractivity contribution in [1.29, 1.82) is 0 Å². The average Bonchev–Trinajstić information content (AvgIpc) is 2.39. The first kappa shape index (κ1) is 12.4. The van der Waals surface area contributed by atoms with Crippen LogP contribution in [0.5, 0.6) is 0 Å². The summed E-state index contributed by atoms with van der Waals surface area (Å²) in [7, 11) is 0. The van der Waals surface area contributed by atoms with Crippen LogP contribution in [0.3, 0.4) is 0 Å². The lowest BCUT2D eigenvalue weighted by atomic mass is 10.1. The van der Waals surface area contributed by atoms with Crippen molar-refractivity contribution < 1.29 is 0 Å². The fraction of sp³-hybridized carbons (Fsp3) is 0.286. The molecule has 0 unspecified atom stereocenters. The van der Waals surface area contributed by atoms with Crippen molar-refractivity contribution in [3.8, 4) is 0 Å². The third-order valence-electron chi connectivity index (χ3n) is 3.02. The van der Waals surface area contributed by atoms with E-state index in [4.69, 9.17) is 5.73 Å². The van der Waals surface area contributed by atoms with Gasteiger partial charge in [-0.1, -0.05) is 24.3 Å². The second-order valence-corrected chi connectivity index (χ2v) is 4.24. The van der Waals surface area contributed by atoms with E-state index in [1.165, 1.54) is 17.5 Å². The van der Waals surface area contributed by atoms with Gasteiger partial charge >= 0.3 is 0 Å². The standard InChI is InChI=1S/C14H18N4/c1-3-18(14-13(15)8-16-10-17-14)9-12-7-5-4-6-11(12)2/h4-8,10H,3,9,15H2,1-2H3. The first-order valence-electron chi connectivity index (χ1n) is 6.07. The Morgan fingerprint density at radius 1 is 1.28 bits per heavy atom. The summed E-state index contributed by atoms with van der Waals surface area (Å²) >= 11 is 0. The zero-order valence-corrected chi connectivity index (χ0v) is 10.8. The van der Waals surface area contributed by atoms with Crippen LogP contribution in [0.2, 0.25) is 0 Å². The quantitative estimate of drug-likeness (QED) is 0.894. The van der Waals surface area contributed by atoms with Gasteiger partial charge in [0.2, 0.25) is 0 Å². The van der Waals surface area contributed by atoms with E-state index in [-0.39, 0.29) is 0 Å². The maximum absolute atomic E-state index is 5.92. The van der Waals surface area contributed by atoms with Crippen LogP contribution < -0.4 is 10.6 Å². The topological polar surface area (TPSA) is 55.0 Å². The molecule has 2 N–H and O–H groups in total. The normalized spacial score (nSPS) is 10.3. The Bertz CT molecular complexity index is 525. The van der Waals surface area contributed by atoms with Crippen LogP contribution in [0.1, 0.15) is 18.1 Å². The van der Waals surface area contributed by atoms with E-state index in [1.807, 2.05) is 6.07 Å². The van der Waals surface area contributed by atoms with Crippen molar-refractivity contribution in [3.63, 3.8) is 0 Å². The summed E-state index contributed by atoms with van der Waals surface area (Å²) in [6.07, 6.45) is 3.18. The molecule has 0 saturated carbocycles. The van der Waals surface area contributed by atoms with E-state index in [2.05, 4.69) is 46.9 Å². The lowest BCUT2D eigenvalue weighted by Gasteiger charge is -2.23. The number of rotatable bonds is 4. The summed E-state index contributed by atoms with van der Waals surface area (Å²) in [4.78, 5) is 10.3. The summed E-state index contributed by atoms with van der Waals surface area (Å²) in [5.74, 6) is 0.802. The molecule has 0 saturated heterocycles. The van der Waals surface area contributed by atoms with Crippen molar-refractivity contribution >= 4 is 11.5 Å². The van der Waals surface area contributed by atoms with Crippen molar-refractivity contribution in [2.24, 2.45) is 0 Å². The molecule has 2 rings (SSSR count). The number of nitrogens with zero attached hydrogens (tertiary/aromatic N) is 3. The number of nitrogens with two attached hydrogens (primary N) is 1. The van der Waals surface area contributed by atoms with Crippen LogP contribution in [-0.4, -0.2) is 16.5 Å². The van der Waals surface area contributed by atoms with Gasteiger partial charge in [0, 0.05) is 13.1 Å². The highest BCUT2D eigenvalue weighted by atomic mass is 15.2. The van der Waals surface area contributed by atoms with Gasteiger partial charge in [-0.25, -0.2) is 9.97 Å². The maximum Gasteiger partial charge on any atom is 0.155 e. The van der Waals surface area contributed by atoms with Gasteiger partial charge in [0.1, 0.15) is 6.33 Å². The van der Waals surface area contributed by atoms with Gasteiger partial charge < -0.3 is 10.6 Å². The largest absolute Gasteiger partial charge is 0.394 e. The van der Waals surface area contributed by atoms with Crippen LogP contribution in [0.15, 0.2) is 36.8 Å². The van der Waals surface area contributed by atoms with Crippen molar-refractivity contribution in [3.05, 3.63) is 47.9 Å². The molecule has 94 valence electrons. The Morgan fingerprint density at radius 3 is 2.72 bits per heavy atom. The van der Waals surface area contributed by atoms with Crippen LogP contribution in [0.25, 0.3) is 0 Å². The molecule has 1 aromatic heterocycles. The molecule has 1 heterocycles. The lowest BCUT2D eigenvalue weighted by molar-refractivity contribution is 0.808. The summed E-state index contributed by atoms with van der Waals surface area (Å²) < 4.78 is 0. The zero-order chi connectivity index (χ0) is 13.0. The Labute approximate surface area is 107 Å². The molecule has 0 radical (unpaired) electrons. The monoisotopic (exact) mass is 242 g/mol. The van der Waals surface area contributed by atoms with Crippen LogP contribution >= 0.6 is 0 Å². The Morgan fingerprint density at radius 2 is 2.06 bits per heavy atom. The molecule has 0 fully saturated rings. The maximum atomic E-state index is 5.92. The van der Waals surface area contributed by atoms with Gasteiger partial charge in [0.05, 0.1) is 11.9 Å². The van der Waals surface area contributed by atoms with E-state index in [0.29, 0.717) is 5.69 Å². The number of aryl methyl sites for hydroxylation is 1. The van der Waals surface area contributed by atoms with Gasteiger partial charge in [-0.3, -0.25) is 0 Å². The molecule has 4 heteroatoms. The molecule has 0 atom stereocenters. The van der Waals surface area contributed by atoms with Crippen molar-refractivity contribution in [2.45, 2.75) is 20.4 Å². The van der Waals surface area contributed by atoms with Gasteiger partial charge in [0.25, 0.3) is 0 Å². The fourth-order valence-corrected chi connectivity index (χ4v) is 1.93. The highest BCUT2D eigenvalue weighted by Crippen LogP contribution is 2.21. The molecule has 0 spiro atoms. The second kappa shape index (κ2) is 5.49. The van der Waals surface area contributed by atoms with Crippen LogP contribution in [-0.2, 0) is 6.54 Å². The smallest absolute Gasteiger partial charge is 0.155 e. The molecule has 0 amide bonds. The zero-order valence-electron chi connectivity index (χ0n) is 10.8. The molecular formula is C14H18N4. The number of hydrogen-bond acceptors (Lipinski definition) is 4. The predicted molar refractivity (Wildman–Crippen MR) is 74.3 cm³/mol. The molecule has 1 aromatic carbocycles. The van der Waals surface area contributed by atoms with Crippen LogP contribution in [0.4, 0.5) is 11.5 Å². The SMILES string of the molecule is CCN(Cc1ccccc1C)c1ncncc1N. The second-order valence-electron chi connectivity index (χ2n) is 4.24. The van der Waals surface area contributed by atoms with Gasteiger partial charge in [-0.2, -0.15) is 0 Å². The number of aromatic nitrogens is 2. The predicted octanol–water partition coefficient (Wildman–Crippen LogP) is 2.39. The first-order valence-corrected chi connectivity index (χ1v) is 6.07. The average molecular weight is 242 g/mol. The summed E-state index contributed by atoms with van der Waals surface area (Å²) in [6.45, 7) is 5.88. The van der Waals surface area contributed by atoms with Gasteiger partial charge in [-0.15, -0.1) is 0 Å². The third kappa shape index (κ3) is 2.59. The van der Waals surface area contributed by atoms with E-state index in [9.17, 15) is 0 Å². The third-order valence-corrected chi connectivity index (χ3v) is 3.02. The minimum Gasteiger partial charge on any atom is -0.394 e. The van der Waals surface area contributed by atoms with Crippen molar-refractivity contribution in [2.75, 3.05) is 17.2 Å².